The van der Waals surface area contributed by atoms with Crippen LogP contribution >= 0.6 is 0 Å². The van der Waals surface area contributed by atoms with Crippen molar-refractivity contribution in [3.05, 3.63) is 60.6 Å². The fraction of sp³-hybridized carbons (Fsp3) is 0.304. The summed E-state index contributed by atoms with van der Waals surface area (Å²) in [7, 11) is 1.67. The summed E-state index contributed by atoms with van der Waals surface area (Å²) in [5.41, 5.74) is 2.39. The molecule has 1 atom stereocenters. The van der Waals surface area contributed by atoms with Crippen LogP contribution in [0.2, 0.25) is 0 Å². The number of carbonyl (C=O) groups excluding carboxylic acids is 1. The van der Waals surface area contributed by atoms with Gasteiger partial charge < -0.3 is 19.2 Å². The van der Waals surface area contributed by atoms with Crippen LogP contribution in [0.3, 0.4) is 0 Å². The standard InChI is InChI=1S/C23H24F2N4O2/c1-14(2)22(29-13-26-19-11-17(24)18(25)12-21(19)29)23(30)27-16-4-5-20-15(10-16)6-7-28(20)8-9-31-3/h4-7,10-14,22H,8-9H2,1-3H3,(H,27,30). The van der Waals surface area contributed by atoms with Crippen LogP contribution in [0.25, 0.3) is 21.9 Å². The van der Waals surface area contributed by atoms with E-state index in [2.05, 4.69) is 14.9 Å². The van der Waals surface area contributed by atoms with E-state index in [9.17, 15) is 13.6 Å². The third-order valence-electron chi connectivity index (χ3n) is 5.39. The maximum atomic E-state index is 13.8. The Morgan fingerprint density at radius 2 is 1.90 bits per heavy atom. The van der Waals surface area contributed by atoms with E-state index in [1.165, 1.54) is 6.33 Å². The number of methoxy groups -OCH3 is 1. The minimum Gasteiger partial charge on any atom is -0.383 e. The molecule has 0 fully saturated rings. The topological polar surface area (TPSA) is 61.1 Å². The van der Waals surface area contributed by atoms with Gasteiger partial charge in [0, 0.05) is 48.6 Å². The average molecular weight is 426 g/mol. The molecule has 1 N–H and O–H groups in total. The fourth-order valence-electron chi connectivity index (χ4n) is 3.87. The van der Waals surface area contributed by atoms with E-state index in [0.717, 1.165) is 29.6 Å². The van der Waals surface area contributed by atoms with E-state index in [1.807, 2.05) is 44.3 Å². The molecule has 0 spiro atoms. The van der Waals surface area contributed by atoms with E-state index in [-0.39, 0.29) is 11.8 Å². The van der Waals surface area contributed by atoms with Gasteiger partial charge >= 0.3 is 0 Å². The Hall–Kier alpha value is -3.26. The van der Waals surface area contributed by atoms with E-state index in [0.29, 0.717) is 23.3 Å². The van der Waals surface area contributed by atoms with Gasteiger partial charge in [-0.3, -0.25) is 4.79 Å². The van der Waals surface area contributed by atoms with Gasteiger partial charge in [0.25, 0.3) is 0 Å². The molecule has 4 aromatic rings. The number of hydrogen-bond acceptors (Lipinski definition) is 3. The molecule has 6 nitrogen and oxygen atoms in total. The van der Waals surface area contributed by atoms with Gasteiger partial charge in [-0.1, -0.05) is 13.8 Å². The van der Waals surface area contributed by atoms with Crippen molar-refractivity contribution in [3.8, 4) is 0 Å². The van der Waals surface area contributed by atoms with Crippen molar-refractivity contribution < 1.29 is 18.3 Å². The summed E-state index contributed by atoms with van der Waals surface area (Å²) in [6.45, 7) is 5.15. The Bertz CT molecular complexity index is 1250. The van der Waals surface area contributed by atoms with Crippen LogP contribution in [0.4, 0.5) is 14.5 Å². The first-order chi connectivity index (χ1) is 14.9. The summed E-state index contributed by atoms with van der Waals surface area (Å²) in [6.07, 6.45) is 3.43. The lowest BCUT2D eigenvalue weighted by molar-refractivity contribution is -0.120. The number of ether oxygens (including phenoxy) is 1. The molecular formula is C23H24F2N4O2. The SMILES string of the molecule is COCCn1ccc2cc(NC(=O)C(C(C)C)n3cnc4cc(F)c(F)cc43)ccc21. The van der Waals surface area contributed by atoms with Crippen molar-refractivity contribution in [1.29, 1.82) is 0 Å². The Morgan fingerprint density at radius 1 is 1.13 bits per heavy atom. The van der Waals surface area contributed by atoms with Crippen LogP contribution in [0.15, 0.2) is 48.9 Å². The molecule has 0 bridgehead atoms. The minimum absolute atomic E-state index is 0.107. The lowest BCUT2D eigenvalue weighted by atomic mass is 10.0. The van der Waals surface area contributed by atoms with E-state index >= 15 is 0 Å². The second-order valence-electron chi connectivity index (χ2n) is 7.86. The highest BCUT2D eigenvalue weighted by Crippen LogP contribution is 2.27. The molecule has 0 saturated carbocycles. The zero-order valence-corrected chi connectivity index (χ0v) is 17.6. The summed E-state index contributed by atoms with van der Waals surface area (Å²) >= 11 is 0. The summed E-state index contributed by atoms with van der Waals surface area (Å²) in [5, 5.41) is 3.96. The zero-order chi connectivity index (χ0) is 22.1. The summed E-state index contributed by atoms with van der Waals surface area (Å²) in [5.74, 6) is -2.30. The quantitative estimate of drug-likeness (QED) is 0.464. The number of imidazole rings is 1. The minimum atomic E-state index is -0.972. The van der Waals surface area contributed by atoms with Crippen molar-refractivity contribution in [2.24, 2.45) is 5.92 Å². The van der Waals surface area contributed by atoms with Gasteiger partial charge in [-0.05, 0) is 30.2 Å². The number of fused-ring (bicyclic) bond motifs is 2. The maximum Gasteiger partial charge on any atom is 0.247 e. The highest BCUT2D eigenvalue weighted by Gasteiger charge is 2.26. The van der Waals surface area contributed by atoms with Crippen LogP contribution in [-0.2, 0) is 16.1 Å². The smallest absolute Gasteiger partial charge is 0.247 e. The Morgan fingerprint density at radius 3 is 2.65 bits per heavy atom. The Labute approximate surface area is 178 Å². The third kappa shape index (κ3) is 4.03. The molecule has 0 aliphatic rings. The van der Waals surface area contributed by atoms with Crippen LogP contribution in [-0.4, -0.2) is 33.7 Å². The third-order valence-corrected chi connectivity index (χ3v) is 5.39. The predicted octanol–water partition coefficient (Wildman–Crippen LogP) is 4.75. The monoisotopic (exact) mass is 426 g/mol. The molecule has 0 saturated heterocycles. The highest BCUT2D eigenvalue weighted by molar-refractivity contribution is 5.97. The summed E-state index contributed by atoms with van der Waals surface area (Å²) in [4.78, 5) is 17.3. The molecule has 162 valence electrons. The second kappa shape index (κ2) is 8.47. The number of hydrogen-bond donors (Lipinski definition) is 1. The van der Waals surface area contributed by atoms with Gasteiger partial charge in [0.2, 0.25) is 5.91 Å². The number of carbonyl (C=O) groups is 1. The first-order valence-electron chi connectivity index (χ1n) is 10.1. The molecule has 0 radical (unpaired) electrons. The van der Waals surface area contributed by atoms with Crippen LogP contribution < -0.4 is 5.32 Å². The number of nitrogens with zero attached hydrogens (tertiary/aromatic N) is 3. The molecule has 0 aliphatic heterocycles. The Kier molecular flexibility index (Phi) is 5.73. The van der Waals surface area contributed by atoms with Gasteiger partial charge in [-0.25, -0.2) is 13.8 Å². The predicted molar refractivity (Wildman–Crippen MR) is 116 cm³/mol. The number of nitrogens with one attached hydrogen (secondary N) is 1. The van der Waals surface area contributed by atoms with Crippen molar-refractivity contribution in [2.75, 3.05) is 19.0 Å². The van der Waals surface area contributed by atoms with Crippen molar-refractivity contribution in [3.63, 3.8) is 0 Å². The maximum absolute atomic E-state index is 13.8. The van der Waals surface area contributed by atoms with E-state index in [4.69, 9.17) is 4.74 Å². The van der Waals surface area contributed by atoms with Gasteiger partial charge in [-0.15, -0.1) is 0 Å². The van der Waals surface area contributed by atoms with Crippen LogP contribution in [0, 0.1) is 17.6 Å². The molecular weight excluding hydrogens is 402 g/mol. The van der Waals surface area contributed by atoms with E-state index < -0.39 is 17.7 Å². The van der Waals surface area contributed by atoms with Crippen molar-refractivity contribution >= 4 is 33.5 Å². The molecule has 2 aromatic carbocycles. The zero-order valence-electron chi connectivity index (χ0n) is 17.6. The molecule has 0 aliphatic carbocycles. The first kappa shape index (κ1) is 21.0. The lowest BCUT2D eigenvalue weighted by Gasteiger charge is -2.22. The molecule has 31 heavy (non-hydrogen) atoms. The first-order valence-corrected chi connectivity index (χ1v) is 10.1. The van der Waals surface area contributed by atoms with Crippen molar-refractivity contribution in [2.45, 2.75) is 26.4 Å². The van der Waals surface area contributed by atoms with E-state index in [1.54, 1.807) is 11.7 Å². The van der Waals surface area contributed by atoms with Crippen LogP contribution in [0.1, 0.15) is 19.9 Å². The van der Waals surface area contributed by atoms with Gasteiger partial charge in [0.15, 0.2) is 11.6 Å². The second-order valence-corrected chi connectivity index (χ2v) is 7.86. The molecule has 1 amide bonds. The number of anilines is 1. The normalized spacial score (nSPS) is 12.7. The average Bonchev–Trinajstić information content (AvgIpc) is 3.30. The number of aromatic nitrogens is 3. The lowest BCUT2D eigenvalue weighted by Crippen LogP contribution is -2.29. The molecule has 2 aromatic heterocycles. The largest absolute Gasteiger partial charge is 0.383 e. The number of halogens is 2. The van der Waals surface area contributed by atoms with Gasteiger partial charge in [0.05, 0.1) is 24.0 Å². The fourth-order valence-corrected chi connectivity index (χ4v) is 3.87. The summed E-state index contributed by atoms with van der Waals surface area (Å²) < 4.78 is 36.2. The van der Waals surface area contributed by atoms with Crippen LogP contribution in [0.5, 0.6) is 0 Å². The van der Waals surface area contributed by atoms with Crippen molar-refractivity contribution in [1.82, 2.24) is 14.1 Å². The molecule has 4 rings (SSSR count). The molecule has 2 heterocycles. The molecule has 8 heteroatoms. The number of benzene rings is 2. The summed E-state index contributed by atoms with van der Waals surface area (Å²) in [6, 6.07) is 9.18. The Balaban J connectivity index is 1.62. The number of rotatable bonds is 7. The van der Waals surface area contributed by atoms with Gasteiger partial charge in [-0.2, -0.15) is 0 Å². The van der Waals surface area contributed by atoms with Gasteiger partial charge in [0.1, 0.15) is 6.04 Å². The number of amides is 1. The molecule has 1 unspecified atom stereocenters. The highest BCUT2D eigenvalue weighted by atomic mass is 19.2.